The van der Waals surface area contributed by atoms with Crippen LogP contribution in [-0.2, 0) is 10.0 Å². The highest BCUT2D eigenvalue weighted by atomic mass is 32.2. The van der Waals surface area contributed by atoms with Crippen LogP contribution < -0.4 is 14.4 Å². The molecule has 0 saturated heterocycles. The van der Waals surface area contributed by atoms with Gasteiger partial charge in [0.25, 0.3) is 10.0 Å². The second-order valence-electron chi connectivity index (χ2n) is 6.15. The van der Waals surface area contributed by atoms with Crippen LogP contribution in [0, 0.1) is 6.92 Å². The van der Waals surface area contributed by atoms with Crippen LogP contribution in [0.2, 0.25) is 0 Å². The van der Waals surface area contributed by atoms with E-state index in [0.29, 0.717) is 11.4 Å². The molecule has 0 saturated carbocycles. The van der Waals surface area contributed by atoms with Crippen molar-refractivity contribution in [1.82, 2.24) is 4.98 Å². The first-order chi connectivity index (χ1) is 12.4. The summed E-state index contributed by atoms with van der Waals surface area (Å²) >= 11 is 0. The van der Waals surface area contributed by atoms with Gasteiger partial charge in [0.15, 0.2) is 0 Å². The van der Waals surface area contributed by atoms with Crippen LogP contribution in [0.15, 0.2) is 41.4 Å². The van der Waals surface area contributed by atoms with Crippen molar-refractivity contribution >= 4 is 21.5 Å². The Hall–Kier alpha value is -2.28. The first-order valence-electron chi connectivity index (χ1n) is 8.79. The Labute approximate surface area is 156 Å². The molecule has 0 bridgehead atoms. The zero-order chi connectivity index (χ0) is 19.2. The highest BCUT2D eigenvalue weighted by molar-refractivity contribution is 7.92. The number of pyridine rings is 1. The molecule has 26 heavy (non-hydrogen) atoms. The van der Waals surface area contributed by atoms with E-state index in [1.807, 2.05) is 19.1 Å². The van der Waals surface area contributed by atoms with Crippen LogP contribution in [0.25, 0.3) is 0 Å². The van der Waals surface area contributed by atoms with Crippen molar-refractivity contribution in [2.75, 3.05) is 29.8 Å². The maximum absolute atomic E-state index is 12.7. The number of methoxy groups -OCH3 is 1. The molecule has 0 spiro atoms. The standard InChI is InChI=1S/C19H27N3O3S/c1-5-11-22(12-6-2)19-10-8-16(14-20-19)21-26(23,24)18-13-15(3)7-9-17(18)25-4/h7-10,13-14,21H,5-6,11-12H2,1-4H3. The Morgan fingerprint density at radius 3 is 2.35 bits per heavy atom. The van der Waals surface area contributed by atoms with E-state index in [-0.39, 0.29) is 4.90 Å². The lowest BCUT2D eigenvalue weighted by Gasteiger charge is -2.22. The number of anilines is 2. The van der Waals surface area contributed by atoms with Crippen LogP contribution >= 0.6 is 0 Å². The molecule has 0 aliphatic heterocycles. The van der Waals surface area contributed by atoms with Crippen molar-refractivity contribution in [3.05, 3.63) is 42.1 Å². The summed E-state index contributed by atoms with van der Waals surface area (Å²) < 4.78 is 33.2. The van der Waals surface area contributed by atoms with Crippen LogP contribution in [-0.4, -0.2) is 33.6 Å². The molecule has 0 amide bonds. The molecule has 1 heterocycles. The number of aromatic nitrogens is 1. The molecule has 0 radical (unpaired) electrons. The second kappa shape index (κ2) is 8.89. The van der Waals surface area contributed by atoms with E-state index in [9.17, 15) is 8.42 Å². The first kappa shape index (κ1) is 20.0. The van der Waals surface area contributed by atoms with Gasteiger partial charge in [-0.15, -0.1) is 0 Å². The number of benzene rings is 1. The van der Waals surface area contributed by atoms with Gasteiger partial charge in [0.2, 0.25) is 0 Å². The zero-order valence-electron chi connectivity index (χ0n) is 15.8. The predicted molar refractivity (Wildman–Crippen MR) is 106 cm³/mol. The molecule has 6 nitrogen and oxygen atoms in total. The zero-order valence-corrected chi connectivity index (χ0v) is 16.6. The predicted octanol–water partition coefficient (Wildman–Crippen LogP) is 3.83. The first-order valence-corrected chi connectivity index (χ1v) is 10.3. The van der Waals surface area contributed by atoms with Crippen LogP contribution in [0.5, 0.6) is 5.75 Å². The summed E-state index contributed by atoms with van der Waals surface area (Å²) in [6.45, 7) is 7.93. The van der Waals surface area contributed by atoms with E-state index in [1.165, 1.54) is 7.11 Å². The normalized spacial score (nSPS) is 11.2. The van der Waals surface area contributed by atoms with Crippen molar-refractivity contribution in [3.8, 4) is 5.75 Å². The van der Waals surface area contributed by atoms with Gasteiger partial charge in [0, 0.05) is 13.1 Å². The molecule has 1 N–H and O–H groups in total. The highest BCUT2D eigenvalue weighted by Gasteiger charge is 2.20. The molecule has 0 unspecified atom stereocenters. The summed E-state index contributed by atoms with van der Waals surface area (Å²) in [4.78, 5) is 6.73. The minimum absolute atomic E-state index is 0.114. The third-order valence-electron chi connectivity index (χ3n) is 3.92. The fraction of sp³-hybridized carbons (Fsp3) is 0.421. The monoisotopic (exact) mass is 377 g/mol. The third kappa shape index (κ3) is 4.88. The molecule has 1 aromatic carbocycles. The number of aryl methyl sites for hydroxylation is 1. The van der Waals surface area contributed by atoms with Crippen molar-refractivity contribution in [3.63, 3.8) is 0 Å². The number of ether oxygens (including phenoxy) is 1. The SMILES string of the molecule is CCCN(CCC)c1ccc(NS(=O)(=O)c2cc(C)ccc2OC)cn1. The highest BCUT2D eigenvalue weighted by Crippen LogP contribution is 2.27. The van der Waals surface area contributed by atoms with Gasteiger partial charge in [-0.2, -0.15) is 0 Å². The summed E-state index contributed by atoms with van der Waals surface area (Å²) in [6, 6.07) is 8.63. The minimum Gasteiger partial charge on any atom is -0.495 e. The second-order valence-corrected chi connectivity index (χ2v) is 7.80. The van der Waals surface area contributed by atoms with Gasteiger partial charge in [-0.3, -0.25) is 4.72 Å². The Morgan fingerprint density at radius 2 is 1.81 bits per heavy atom. The number of hydrogen-bond donors (Lipinski definition) is 1. The van der Waals surface area contributed by atoms with E-state index in [1.54, 1.807) is 24.4 Å². The molecule has 1 aromatic heterocycles. The Kier molecular flexibility index (Phi) is 6.85. The molecule has 2 rings (SSSR count). The van der Waals surface area contributed by atoms with Crippen LogP contribution in [0.4, 0.5) is 11.5 Å². The molecule has 2 aromatic rings. The van der Waals surface area contributed by atoms with Gasteiger partial charge in [0.05, 0.1) is 19.0 Å². The van der Waals surface area contributed by atoms with E-state index < -0.39 is 10.0 Å². The molecule has 142 valence electrons. The summed E-state index contributed by atoms with van der Waals surface area (Å²) in [7, 11) is -2.31. The van der Waals surface area contributed by atoms with Crippen molar-refractivity contribution in [2.24, 2.45) is 0 Å². The van der Waals surface area contributed by atoms with E-state index >= 15 is 0 Å². The summed E-state index contributed by atoms with van der Waals surface area (Å²) in [5.41, 5.74) is 1.26. The molecular formula is C19H27N3O3S. The van der Waals surface area contributed by atoms with Gasteiger partial charge in [-0.1, -0.05) is 19.9 Å². The van der Waals surface area contributed by atoms with Gasteiger partial charge in [-0.05, 0) is 49.6 Å². The third-order valence-corrected chi connectivity index (χ3v) is 5.32. The van der Waals surface area contributed by atoms with Gasteiger partial charge < -0.3 is 9.64 Å². The van der Waals surface area contributed by atoms with E-state index in [0.717, 1.165) is 37.3 Å². The quantitative estimate of drug-likeness (QED) is 0.719. The van der Waals surface area contributed by atoms with Crippen molar-refractivity contribution in [2.45, 2.75) is 38.5 Å². The minimum atomic E-state index is -3.76. The molecule has 7 heteroatoms. The number of sulfonamides is 1. The van der Waals surface area contributed by atoms with Gasteiger partial charge in [-0.25, -0.2) is 13.4 Å². The summed E-state index contributed by atoms with van der Waals surface area (Å²) in [5, 5.41) is 0. The molecule has 0 aliphatic carbocycles. The molecular weight excluding hydrogens is 350 g/mol. The van der Waals surface area contributed by atoms with E-state index in [2.05, 4.69) is 28.5 Å². The molecule has 0 fully saturated rings. The lowest BCUT2D eigenvalue weighted by atomic mass is 10.2. The van der Waals surface area contributed by atoms with Gasteiger partial charge in [0.1, 0.15) is 16.5 Å². The molecule has 0 atom stereocenters. The number of nitrogens with one attached hydrogen (secondary N) is 1. The lowest BCUT2D eigenvalue weighted by molar-refractivity contribution is 0.402. The van der Waals surface area contributed by atoms with Gasteiger partial charge >= 0.3 is 0 Å². The van der Waals surface area contributed by atoms with E-state index in [4.69, 9.17) is 4.74 Å². The number of nitrogens with zero attached hydrogens (tertiary/aromatic N) is 2. The Bertz CT molecular complexity index is 814. The fourth-order valence-corrected chi connectivity index (χ4v) is 4.02. The maximum atomic E-state index is 12.7. The van der Waals surface area contributed by atoms with Crippen molar-refractivity contribution in [1.29, 1.82) is 0 Å². The average molecular weight is 378 g/mol. The number of rotatable bonds is 9. The average Bonchev–Trinajstić information content (AvgIpc) is 2.62. The lowest BCUT2D eigenvalue weighted by Crippen LogP contribution is -2.25. The Balaban J connectivity index is 2.24. The van der Waals surface area contributed by atoms with Crippen molar-refractivity contribution < 1.29 is 13.2 Å². The largest absolute Gasteiger partial charge is 0.495 e. The topological polar surface area (TPSA) is 71.5 Å². The van der Waals surface area contributed by atoms with Crippen LogP contribution in [0.1, 0.15) is 32.3 Å². The smallest absolute Gasteiger partial charge is 0.265 e. The fourth-order valence-electron chi connectivity index (χ4n) is 2.72. The summed E-state index contributed by atoms with van der Waals surface area (Å²) in [5.74, 6) is 1.16. The van der Waals surface area contributed by atoms with Crippen LogP contribution in [0.3, 0.4) is 0 Å². The number of hydrogen-bond acceptors (Lipinski definition) is 5. The molecule has 0 aliphatic rings. The summed E-state index contributed by atoms with van der Waals surface area (Å²) in [6.07, 6.45) is 3.61. The maximum Gasteiger partial charge on any atom is 0.265 e. The Morgan fingerprint density at radius 1 is 1.12 bits per heavy atom.